The van der Waals surface area contributed by atoms with E-state index in [4.69, 9.17) is 22.1 Å². The fraction of sp³-hybridized carbons (Fsp3) is 0.0833. The highest BCUT2D eigenvalue weighted by Crippen LogP contribution is 2.31. The minimum absolute atomic E-state index is 0.00524. The molecule has 3 aromatic carbocycles. The Hall–Kier alpha value is -4.56. The lowest BCUT2D eigenvalue weighted by Crippen LogP contribution is -2.20. The van der Waals surface area contributed by atoms with Crippen LogP contribution in [0.1, 0.15) is 27.0 Å². The molecule has 0 unspecified atom stereocenters. The highest BCUT2D eigenvalue weighted by molar-refractivity contribution is 6.34. The van der Waals surface area contributed by atoms with Gasteiger partial charge in [0.2, 0.25) is 0 Å². The molecule has 0 saturated heterocycles. The summed E-state index contributed by atoms with van der Waals surface area (Å²) in [5, 5.41) is 14.2. The van der Waals surface area contributed by atoms with Gasteiger partial charge in [-0.25, -0.2) is 4.79 Å². The maximum absolute atomic E-state index is 12.9. The second kappa shape index (κ2) is 10.8. The van der Waals surface area contributed by atoms with Gasteiger partial charge in [-0.2, -0.15) is 23.4 Å². The van der Waals surface area contributed by atoms with Crippen molar-refractivity contribution in [3.63, 3.8) is 0 Å². The third-order valence-electron chi connectivity index (χ3n) is 4.76. The fourth-order valence-electron chi connectivity index (χ4n) is 3.12. The molecule has 0 atom stereocenters. The van der Waals surface area contributed by atoms with Crippen molar-refractivity contribution in [3.8, 4) is 11.8 Å². The van der Waals surface area contributed by atoms with Crippen molar-refractivity contribution < 1.29 is 27.5 Å². The molecule has 3 amide bonds. The second-order valence-corrected chi connectivity index (χ2v) is 7.56. The number of methoxy groups -OCH3 is 1. The third kappa shape index (κ3) is 6.11. The number of anilines is 2. The van der Waals surface area contributed by atoms with E-state index in [1.165, 1.54) is 49.6 Å². The molecule has 8 nitrogen and oxygen atoms in total. The first-order valence-corrected chi connectivity index (χ1v) is 10.4. The van der Waals surface area contributed by atoms with Crippen LogP contribution >= 0.6 is 11.6 Å². The highest BCUT2D eigenvalue weighted by Gasteiger charge is 2.30. The summed E-state index contributed by atoms with van der Waals surface area (Å²) in [5.74, 6) is -0.972. The number of ether oxygens (including phenoxy) is 1. The molecule has 0 aromatic heterocycles. The maximum atomic E-state index is 12.9. The van der Waals surface area contributed by atoms with Gasteiger partial charge >= 0.3 is 12.2 Å². The zero-order valence-corrected chi connectivity index (χ0v) is 19.2. The number of nitrogens with one attached hydrogen (secondary N) is 2. The summed E-state index contributed by atoms with van der Waals surface area (Å²) in [4.78, 5) is 28.7. The monoisotopic (exact) mass is 515 g/mol. The number of hydrogen-bond acceptors (Lipinski definition) is 4. The summed E-state index contributed by atoms with van der Waals surface area (Å²) in [6, 6.07) is 13.7. The largest absolute Gasteiger partial charge is 0.496 e. The van der Waals surface area contributed by atoms with Crippen LogP contribution in [0.25, 0.3) is 0 Å². The highest BCUT2D eigenvalue weighted by atomic mass is 35.5. The summed E-state index contributed by atoms with van der Waals surface area (Å²) >= 11 is 6.07. The van der Waals surface area contributed by atoms with Crippen molar-refractivity contribution in [1.82, 2.24) is 0 Å². The fourth-order valence-corrected chi connectivity index (χ4v) is 3.39. The van der Waals surface area contributed by atoms with Crippen LogP contribution in [-0.2, 0) is 6.18 Å². The van der Waals surface area contributed by atoms with Gasteiger partial charge in [0.25, 0.3) is 5.91 Å². The Labute approximate surface area is 208 Å². The van der Waals surface area contributed by atoms with Gasteiger partial charge in [0.15, 0.2) is 0 Å². The topological polar surface area (TPSA) is 130 Å². The van der Waals surface area contributed by atoms with Crippen LogP contribution in [0.15, 0.2) is 65.7 Å². The van der Waals surface area contributed by atoms with Gasteiger partial charge in [0.05, 0.1) is 40.5 Å². The lowest BCUT2D eigenvalue weighted by atomic mass is 10.1. The van der Waals surface area contributed by atoms with E-state index in [0.29, 0.717) is 0 Å². The molecule has 36 heavy (non-hydrogen) atoms. The van der Waals surface area contributed by atoms with Crippen LogP contribution in [0.2, 0.25) is 5.02 Å². The molecular weight excluding hydrogens is 499 g/mol. The van der Waals surface area contributed by atoms with Gasteiger partial charge in [-0.15, -0.1) is 0 Å². The van der Waals surface area contributed by atoms with E-state index in [0.717, 1.165) is 12.1 Å². The standard InChI is InChI=1S/C24H17ClF3N5O3/c1-36-19-11-16(32-23(35)33-21(30)20-13(12-29)4-2-7-18(20)25)8-9-17(19)22(34)31-15-6-3-5-14(10-15)24(26,27)28/h2-11H,1H3,(H,31,34)(H3,30,32,33,35). The minimum atomic E-state index is -4.56. The molecule has 0 heterocycles. The number of nitrogens with zero attached hydrogens (tertiary/aromatic N) is 2. The zero-order valence-electron chi connectivity index (χ0n) is 18.5. The molecule has 4 N–H and O–H groups in total. The number of aliphatic imine (C=N–C) groups is 1. The van der Waals surface area contributed by atoms with Crippen LogP contribution in [0, 0.1) is 11.3 Å². The lowest BCUT2D eigenvalue weighted by molar-refractivity contribution is -0.137. The molecule has 0 fully saturated rings. The number of nitrogens with two attached hydrogens (primary N) is 1. The predicted molar refractivity (Wildman–Crippen MR) is 128 cm³/mol. The van der Waals surface area contributed by atoms with Crippen LogP contribution in [0.4, 0.5) is 29.3 Å². The molecule has 0 spiro atoms. The molecule has 0 aliphatic rings. The zero-order chi connectivity index (χ0) is 26.5. The van der Waals surface area contributed by atoms with E-state index in [1.54, 1.807) is 6.07 Å². The van der Waals surface area contributed by atoms with Gasteiger partial charge < -0.3 is 21.1 Å². The van der Waals surface area contributed by atoms with Crippen LogP contribution in [-0.4, -0.2) is 24.9 Å². The summed E-state index contributed by atoms with van der Waals surface area (Å²) in [6.07, 6.45) is -4.56. The molecular formula is C24H17ClF3N5O3. The quantitative estimate of drug-likeness (QED) is 0.308. The predicted octanol–water partition coefficient (Wildman–Crippen LogP) is 5.43. The Morgan fingerprint density at radius 2 is 1.75 bits per heavy atom. The number of amides is 3. The van der Waals surface area contributed by atoms with Crippen molar-refractivity contribution >= 4 is 40.7 Å². The number of halogens is 4. The SMILES string of the molecule is COc1cc(NC(=O)/N=C(\N)c2c(Cl)cccc2C#N)ccc1C(=O)Nc1cccc(C(F)(F)F)c1. The molecule has 3 aromatic rings. The first kappa shape index (κ1) is 26.1. The number of urea groups is 1. The van der Waals surface area contributed by atoms with Crippen LogP contribution in [0.5, 0.6) is 5.75 Å². The van der Waals surface area contributed by atoms with Gasteiger partial charge in [-0.3, -0.25) is 4.79 Å². The molecule has 0 saturated carbocycles. The Bertz CT molecular complexity index is 1400. The Balaban J connectivity index is 1.78. The van der Waals surface area contributed by atoms with E-state index in [2.05, 4.69) is 15.6 Å². The van der Waals surface area contributed by atoms with E-state index in [-0.39, 0.29) is 44.7 Å². The molecule has 0 radical (unpaired) electrons. The Morgan fingerprint density at radius 1 is 1.06 bits per heavy atom. The van der Waals surface area contributed by atoms with Gasteiger partial charge in [0.1, 0.15) is 11.6 Å². The van der Waals surface area contributed by atoms with E-state index < -0.39 is 23.7 Å². The van der Waals surface area contributed by atoms with E-state index >= 15 is 0 Å². The van der Waals surface area contributed by atoms with Crippen LogP contribution in [0.3, 0.4) is 0 Å². The molecule has 3 rings (SSSR count). The maximum Gasteiger partial charge on any atom is 0.416 e. The number of alkyl halides is 3. The molecule has 0 aliphatic carbocycles. The Kier molecular flexibility index (Phi) is 7.81. The minimum Gasteiger partial charge on any atom is -0.496 e. The molecule has 12 heteroatoms. The summed E-state index contributed by atoms with van der Waals surface area (Å²) in [5.41, 5.74) is 5.32. The smallest absolute Gasteiger partial charge is 0.416 e. The normalized spacial score (nSPS) is 11.4. The number of benzene rings is 3. The number of carbonyl (C=O) groups excluding carboxylic acids is 2. The second-order valence-electron chi connectivity index (χ2n) is 7.15. The number of nitriles is 1. The average Bonchev–Trinajstić information content (AvgIpc) is 2.83. The first-order valence-electron chi connectivity index (χ1n) is 10.0. The van der Waals surface area contributed by atoms with Crippen molar-refractivity contribution in [3.05, 3.63) is 87.9 Å². The van der Waals surface area contributed by atoms with E-state index in [1.807, 2.05) is 6.07 Å². The van der Waals surface area contributed by atoms with Crippen molar-refractivity contribution in [1.29, 1.82) is 5.26 Å². The van der Waals surface area contributed by atoms with Crippen molar-refractivity contribution in [2.45, 2.75) is 6.18 Å². The average molecular weight is 516 g/mol. The third-order valence-corrected chi connectivity index (χ3v) is 5.07. The Morgan fingerprint density at radius 3 is 2.42 bits per heavy atom. The number of rotatable bonds is 5. The van der Waals surface area contributed by atoms with Crippen molar-refractivity contribution in [2.24, 2.45) is 10.7 Å². The van der Waals surface area contributed by atoms with Gasteiger partial charge in [0, 0.05) is 17.4 Å². The van der Waals surface area contributed by atoms with Crippen molar-refractivity contribution in [2.75, 3.05) is 17.7 Å². The van der Waals surface area contributed by atoms with Crippen LogP contribution < -0.4 is 21.1 Å². The number of amidine groups is 1. The first-order chi connectivity index (χ1) is 17.0. The summed E-state index contributed by atoms with van der Waals surface area (Å²) in [6.45, 7) is 0. The van der Waals surface area contributed by atoms with E-state index in [9.17, 15) is 28.0 Å². The lowest BCUT2D eigenvalue weighted by Gasteiger charge is -2.13. The molecule has 184 valence electrons. The number of carbonyl (C=O) groups is 2. The molecule has 0 aliphatic heterocycles. The molecule has 0 bridgehead atoms. The summed E-state index contributed by atoms with van der Waals surface area (Å²) in [7, 11) is 1.28. The number of hydrogen-bond donors (Lipinski definition) is 3. The van der Waals surface area contributed by atoms with Gasteiger partial charge in [-0.05, 0) is 42.5 Å². The van der Waals surface area contributed by atoms with Gasteiger partial charge in [-0.1, -0.05) is 23.7 Å². The summed E-state index contributed by atoms with van der Waals surface area (Å²) < 4.78 is 44.0.